The Morgan fingerprint density at radius 3 is 2.84 bits per heavy atom. The molecule has 1 unspecified atom stereocenters. The number of nitrogens with zero attached hydrogens (tertiary/aromatic N) is 1. The third kappa shape index (κ3) is 3.23. The van der Waals surface area contributed by atoms with Crippen LogP contribution in [0.5, 0.6) is 5.75 Å². The average Bonchev–Trinajstić information content (AvgIpc) is 2.52. The molecule has 104 valence electrons. The molecule has 1 aliphatic rings. The van der Waals surface area contributed by atoms with E-state index in [9.17, 15) is 19.4 Å². The smallest absolute Gasteiger partial charge is 0.257 e. The fourth-order valence-corrected chi connectivity index (χ4v) is 2.32. The molecule has 1 aliphatic heterocycles. The van der Waals surface area contributed by atoms with Gasteiger partial charge in [0.15, 0.2) is 0 Å². The van der Waals surface area contributed by atoms with Crippen LogP contribution in [0.3, 0.4) is 0 Å². The molecule has 2 N–H and O–H groups in total. The fourth-order valence-electron chi connectivity index (χ4n) is 2.32. The predicted molar refractivity (Wildman–Crippen MR) is 68.4 cm³/mol. The molecule has 1 fully saturated rings. The van der Waals surface area contributed by atoms with Crippen molar-refractivity contribution < 1.29 is 19.4 Å². The molecule has 0 aliphatic carbocycles. The Morgan fingerprint density at radius 2 is 2.11 bits per heavy atom. The van der Waals surface area contributed by atoms with Crippen LogP contribution in [-0.2, 0) is 0 Å². The van der Waals surface area contributed by atoms with Gasteiger partial charge in [0, 0.05) is 13.1 Å². The van der Waals surface area contributed by atoms with Gasteiger partial charge in [-0.2, -0.15) is 0 Å². The monoisotopic (exact) mass is 267 g/mol. The minimum Gasteiger partial charge on any atom is -0.507 e. The number of phenolic OH excluding ortho intramolecular Hbond substituents is 1. The molecule has 2 rings (SSSR count). The highest BCUT2D eigenvalue weighted by Crippen LogP contribution is 2.25. The van der Waals surface area contributed by atoms with Crippen LogP contribution in [0.4, 0.5) is 4.39 Å². The molecular formula is C14H18FNO3. The minimum absolute atomic E-state index is 0.0263. The summed E-state index contributed by atoms with van der Waals surface area (Å²) in [6.07, 6.45) is 1.80. The number of rotatable bonds is 1. The SMILES string of the molecule is CC1(O)CCCN(C(=O)c2cc(F)ccc2O)CC1. The van der Waals surface area contributed by atoms with Crippen LogP contribution in [0.15, 0.2) is 18.2 Å². The lowest BCUT2D eigenvalue weighted by molar-refractivity contribution is 0.0437. The number of aromatic hydroxyl groups is 1. The van der Waals surface area contributed by atoms with E-state index in [0.717, 1.165) is 12.1 Å². The van der Waals surface area contributed by atoms with Gasteiger partial charge in [-0.3, -0.25) is 4.79 Å². The number of aliphatic hydroxyl groups is 1. The Balaban J connectivity index is 2.17. The number of likely N-dealkylation sites (tertiary alicyclic amines) is 1. The molecule has 1 aromatic carbocycles. The van der Waals surface area contributed by atoms with E-state index in [1.807, 2.05) is 0 Å². The highest BCUT2D eigenvalue weighted by Gasteiger charge is 2.28. The maximum atomic E-state index is 13.2. The van der Waals surface area contributed by atoms with Crippen molar-refractivity contribution >= 4 is 5.91 Å². The number of carbonyl (C=O) groups is 1. The summed E-state index contributed by atoms with van der Waals surface area (Å²) < 4.78 is 13.2. The van der Waals surface area contributed by atoms with E-state index in [1.165, 1.54) is 6.07 Å². The van der Waals surface area contributed by atoms with Gasteiger partial charge in [0.05, 0.1) is 11.2 Å². The number of halogens is 1. The Morgan fingerprint density at radius 1 is 1.37 bits per heavy atom. The second-order valence-electron chi connectivity index (χ2n) is 5.30. The summed E-state index contributed by atoms with van der Waals surface area (Å²) in [5.74, 6) is -1.17. The van der Waals surface area contributed by atoms with Crippen molar-refractivity contribution in [2.24, 2.45) is 0 Å². The second kappa shape index (κ2) is 5.17. The Kier molecular flexibility index (Phi) is 3.75. The number of carbonyl (C=O) groups excluding carboxylic acids is 1. The van der Waals surface area contributed by atoms with Gasteiger partial charge in [0.1, 0.15) is 11.6 Å². The number of hydrogen-bond donors (Lipinski definition) is 2. The number of amides is 1. The second-order valence-corrected chi connectivity index (χ2v) is 5.30. The first-order valence-corrected chi connectivity index (χ1v) is 6.39. The van der Waals surface area contributed by atoms with Crippen LogP contribution in [0.25, 0.3) is 0 Å². The van der Waals surface area contributed by atoms with E-state index < -0.39 is 17.3 Å². The molecule has 0 spiro atoms. The van der Waals surface area contributed by atoms with Crippen LogP contribution in [0, 0.1) is 5.82 Å². The molecule has 19 heavy (non-hydrogen) atoms. The standard InChI is InChI=1S/C14H18FNO3/c1-14(19)5-2-7-16(8-6-14)13(18)11-9-10(15)3-4-12(11)17/h3-4,9,17,19H,2,5-8H2,1H3. The molecule has 0 radical (unpaired) electrons. The lowest BCUT2D eigenvalue weighted by Crippen LogP contribution is -2.33. The number of benzene rings is 1. The Hall–Kier alpha value is -1.62. The van der Waals surface area contributed by atoms with Gasteiger partial charge in [-0.25, -0.2) is 4.39 Å². The van der Waals surface area contributed by atoms with Crippen LogP contribution < -0.4 is 0 Å². The van der Waals surface area contributed by atoms with Crippen LogP contribution in [-0.4, -0.2) is 39.7 Å². The lowest BCUT2D eigenvalue weighted by atomic mass is 9.98. The van der Waals surface area contributed by atoms with Gasteiger partial charge in [-0.1, -0.05) is 0 Å². The number of hydrogen-bond acceptors (Lipinski definition) is 3. The summed E-state index contributed by atoms with van der Waals surface area (Å²) in [6.45, 7) is 2.66. The van der Waals surface area contributed by atoms with E-state index in [-0.39, 0.29) is 11.3 Å². The maximum Gasteiger partial charge on any atom is 0.257 e. The quantitative estimate of drug-likeness (QED) is 0.817. The molecule has 1 atom stereocenters. The Labute approximate surface area is 111 Å². The van der Waals surface area contributed by atoms with Crippen LogP contribution in [0.2, 0.25) is 0 Å². The summed E-state index contributed by atoms with van der Waals surface area (Å²) in [5, 5.41) is 19.6. The van der Waals surface area contributed by atoms with Crippen molar-refractivity contribution in [3.63, 3.8) is 0 Å². The van der Waals surface area contributed by atoms with Crippen molar-refractivity contribution in [2.75, 3.05) is 13.1 Å². The molecular weight excluding hydrogens is 249 g/mol. The van der Waals surface area contributed by atoms with E-state index in [1.54, 1.807) is 11.8 Å². The van der Waals surface area contributed by atoms with Crippen LogP contribution in [0.1, 0.15) is 36.5 Å². The third-order valence-electron chi connectivity index (χ3n) is 3.54. The molecule has 1 saturated heterocycles. The number of phenols is 1. The molecule has 0 aromatic heterocycles. The summed E-state index contributed by atoms with van der Waals surface area (Å²) in [6, 6.07) is 3.33. The first kappa shape index (κ1) is 13.8. The van der Waals surface area contributed by atoms with Gasteiger partial charge in [-0.05, 0) is 44.4 Å². The summed E-state index contributed by atoms with van der Waals surface area (Å²) >= 11 is 0. The van der Waals surface area contributed by atoms with E-state index in [4.69, 9.17) is 0 Å². The van der Waals surface area contributed by atoms with Crippen molar-refractivity contribution in [2.45, 2.75) is 31.8 Å². The lowest BCUT2D eigenvalue weighted by Gasteiger charge is -2.23. The van der Waals surface area contributed by atoms with Crippen LogP contribution >= 0.6 is 0 Å². The normalized spacial score (nSPS) is 24.1. The maximum absolute atomic E-state index is 13.2. The summed E-state index contributed by atoms with van der Waals surface area (Å²) in [4.78, 5) is 13.8. The molecule has 0 saturated carbocycles. The largest absolute Gasteiger partial charge is 0.507 e. The van der Waals surface area contributed by atoms with E-state index >= 15 is 0 Å². The first-order valence-electron chi connectivity index (χ1n) is 6.39. The fraction of sp³-hybridized carbons (Fsp3) is 0.500. The molecule has 5 heteroatoms. The molecule has 0 bridgehead atoms. The zero-order chi connectivity index (χ0) is 14.0. The first-order chi connectivity index (χ1) is 8.89. The molecule has 4 nitrogen and oxygen atoms in total. The minimum atomic E-state index is -0.765. The zero-order valence-corrected chi connectivity index (χ0v) is 10.9. The predicted octanol–water partition coefficient (Wildman–Crippen LogP) is 1.91. The topological polar surface area (TPSA) is 60.8 Å². The third-order valence-corrected chi connectivity index (χ3v) is 3.54. The summed E-state index contributed by atoms with van der Waals surface area (Å²) in [7, 11) is 0. The van der Waals surface area contributed by atoms with Crippen molar-refractivity contribution in [1.29, 1.82) is 0 Å². The van der Waals surface area contributed by atoms with Crippen molar-refractivity contribution in [3.8, 4) is 5.75 Å². The average molecular weight is 267 g/mol. The van der Waals surface area contributed by atoms with Gasteiger partial charge in [-0.15, -0.1) is 0 Å². The molecule has 1 amide bonds. The molecule has 1 heterocycles. The van der Waals surface area contributed by atoms with E-state index in [0.29, 0.717) is 32.4 Å². The van der Waals surface area contributed by atoms with Gasteiger partial charge in [0.25, 0.3) is 5.91 Å². The van der Waals surface area contributed by atoms with Crippen molar-refractivity contribution in [1.82, 2.24) is 4.90 Å². The van der Waals surface area contributed by atoms with Gasteiger partial charge >= 0.3 is 0 Å². The highest BCUT2D eigenvalue weighted by molar-refractivity contribution is 5.96. The molecule has 1 aromatic rings. The van der Waals surface area contributed by atoms with Gasteiger partial charge in [0.2, 0.25) is 0 Å². The zero-order valence-electron chi connectivity index (χ0n) is 10.9. The summed E-state index contributed by atoms with van der Waals surface area (Å²) in [5.41, 5.74) is -0.791. The van der Waals surface area contributed by atoms with E-state index in [2.05, 4.69) is 0 Å². The van der Waals surface area contributed by atoms with Crippen molar-refractivity contribution in [3.05, 3.63) is 29.6 Å². The van der Waals surface area contributed by atoms with Gasteiger partial charge < -0.3 is 15.1 Å². The highest BCUT2D eigenvalue weighted by atomic mass is 19.1. The Bertz CT molecular complexity index is 488.